The molecule has 3 aliphatic rings. The van der Waals surface area contributed by atoms with Gasteiger partial charge >= 0.3 is 0 Å². The van der Waals surface area contributed by atoms with Crippen molar-refractivity contribution in [3.05, 3.63) is 35.9 Å². The Morgan fingerprint density at radius 2 is 1.83 bits per heavy atom. The van der Waals surface area contributed by atoms with Crippen molar-refractivity contribution in [3.8, 4) is 0 Å². The molecule has 1 aromatic carbocycles. The van der Waals surface area contributed by atoms with E-state index in [9.17, 15) is 4.79 Å². The summed E-state index contributed by atoms with van der Waals surface area (Å²) in [5.74, 6) is 0.611. The fraction of sp³-hybridized carbons (Fsp3) is 0.632. The van der Waals surface area contributed by atoms with Gasteiger partial charge in [-0.3, -0.25) is 4.79 Å². The van der Waals surface area contributed by atoms with Gasteiger partial charge in [0.2, 0.25) is 5.91 Å². The third-order valence-corrected chi connectivity index (χ3v) is 6.19. The molecule has 0 aromatic heterocycles. The fourth-order valence-electron chi connectivity index (χ4n) is 4.48. The zero-order valence-electron chi connectivity index (χ0n) is 13.6. The Kier molecular flexibility index (Phi) is 4.70. The van der Waals surface area contributed by atoms with Crippen LogP contribution in [-0.4, -0.2) is 24.5 Å². The van der Waals surface area contributed by atoms with Crippen LogP contribution >= 0.6 is 12.4 Å². The Morgan fingerprint density at radius 3 is 2.43 bits per heavy atom. The lowest BCUT2D eigenvalue weighted by molar-refractivity contribution is -0.126. The molecular weight excluding hydrogens is 308 g/mol. The van der Waals surface area contributed by atoms with Gasteiger partial charge in [0.1, 0.15) is 0 Å². The SMILES string of the molecule is Cl.O=C(NC1(Cc2ccccc2)CCC1)C1CC12CCNCC2. The third-order valence-electron chi connectivity index (χ3n) is 6.19. The molecule has 1 atom stereocenters. The monoisotopic (exact) mass is 334 g/mol. The predicted octanol–water partition coefficient (Wildman–Crippen LogP) is 3.08. The molecule has 2 N–H and O–H groups in total. The molecule has 1 aromatic rings. The van der Waals surface area contributed by atoms with E-state index < -0.39 is 0 Å². The highest BCUT2D eigenvalue weighted by Crippen LogP contribution is 2.58. The van der Waals surface area contributed by atoms with Crippen molar-refractivity contribution in [2.75, 3.05) is 13.1 Å². The number of benzene rings is 1. The van der Waals surface area contributed by atoms with Crippen LogP contribution in [0.1, 0.15) is 44.1 Å². The summed E-state index contributed by atoms with van der Waals surface area (Å²) in [4.78, 5) is 12.7. The van der Waals surface area contributed by atoms with Gasteiger partial charge in [-0.15, -0.1) is 12.4 Å². The number of carbonyl (C=O) groups excluding carboxylic acids is 1. The fourth-order valence-corrected chi connectivity index (χ4v) is 4.48. The molecule has 126 valence electrons. The lowest BCUT2D eigenvalue weighted by atomic mass is 9.72. The van der Waals surface area contributed by atoms with E-state index in [2.05, 4.69) is 41.0 Å². The second-order valence-corrected chi connectivity index (χ2v) is 7.65. The van der Waals surface area contributed by atoms with E-state index >= 15 is 0 Å². The smallest absolute Gasteiger partial charge is 0.224 e. The standard InChI is InChI=1S/C19H26N2O.ClH/c22-17(16-14-18(16)9-11-20-12-10-18)21-19(7-4-8-19)13-15-5-2-1-3-6-15;/h1-3,5-6,16,20H,4,7-14H2,(H,21,22);1H. The van der Waals surface area contributed by atoms with Crippen LogP contribution in [0.25, 0.3) is 0 Å². The van der Waals surface area contributed by atoms with Crippen molar-refractivity contribution in [1.82, 2.24) is 10.6 Å². The van der Waals surface area contributed by atoms with Crippen LogP contribution in [0.5, 0.6) is 0 Å². The Hall–Kier alpha value is -1.06. The summed E-state index contributed by atoms with van der Waals surface area (Å²) in [7, 11) is 0. The molecule has 1 aliphatic heterocycles. The van der Waals surface area contributed by atoms with Gasteiger partial charge in [-0.25, -0.2) is 0 Å². The molecule has 23 heavy (non-hydrogen) atoms. The van der Waals surface area contributed by atoms with Gasteiger partial charge < -0.3 is 10.6 Å². The van der Waals surface area contributed by atoms with Crippen LogP contribution in [0.3, 0.4) is 0 Å². The number of amides is 1. The first-order valence-electron chi connectivity index (χ1n) is 8.78. The van der Waals surface area contributed by atoms with Gasteiger partial charge in [0, 0.05) is 11.5 Å². The van der Waals surface area contributed by atoms with E-state index in [4.69, 9.17) is 0 Å². The molecule has 0 bridgehead atoms. The molecule has 4 rings (SSSR count). The predicted molar refractivity (Wildman–Crippen MR) is 94.8 cm³/mol. The Balaban J connectivity index is 0.00000156. The first-order valence-corrected chi connectivity index (χ1v) is 8.78. The molecule has 1 heterocycles. The van der Waals surface area contributed by atoms with Gasteiger partial charge in [0.25, 0.3) is 0 Å². The van der Waals surface area contributed by atoms with Gasteiger partial charge in [-0.2, -0.15) is 0 Å². The number of piperidine rings is 1. The van der Waals surface area contributed by atoms with E-state index in [-0.39, 0.29) is 23.9 Å². The second-order valence-electron chi connectivity index (χ2n) is 7.65. The topological polar surface area (TPSA) is 41.1 Å². The molecule has 4 heteroatoms. The van der Waals surface area contributed by atoms with Crippen LogP contribution < -0.4 is 10.6 Å². The molecule has 2 aliphatic carbocycles. The average Bonchev–Trinajstić information content (AvgIpc) is 3.20. The van der Waals surface area contributed by atoms with Crippen molar-refractivity contribution < 1.29 is 4.79 Å². The first-order chi connectivity index (χ1) is 10.7. The van der Waals surface area contributed by atoms with Crippen LogP contribution in [-0.2, 0) is 11.2 Å². The third kappa shape index (κ3) is 3.27. The minimum absolute atomic E-state index is 0. The van der Waals surface area contributed by atoms with Gasteiger partial charge in [0.15, 0.2) is 0 Å². The lowest BCUT2D eigenvalue weighted by Gasteiger charge is -2.43. The zero-order chi connectivity index (χ0) is 15.0. The highest BCUT2D eigenvalue weighted by atomic mass is 35.5. The van der Waals surface area contributed by atoms with Gasteiger partial charge in [0.05, 0.1) is 0 Å². The Morgan fingerprint density at radius 1 is 1.13 bits per heavy atom. The molecule has 3 nitrogen and oxygen atoms in total. The minimum atomic E-state index is 0. The van der Waals surface area contributed by atoms with E-state index in [1.807, 2.05) is 0 Å². The Labute approximate surface area is 145 Å². The summed E-state index contributed by atoms with van der Waals surface area (Å²) >= 11 is 0. The van der Waals surface area contributed by atoms with Crippen LogP contribution in [0.4, 0.5) is 0 Å². The quantitative estimate of drug-likeness (QED) is 0.888. The van der Waals surface area contributed by atoms with Crippen molar-refractivity contribution in [3.63, 3.8) is 0 Å². The van der Waals surface area contributed by atoms with E-state index in [0.717, 1.165) is 38.8 Å². The summed E-state index contributed by atoms with van der Waals surface area (Å²) < 4.78 is 0. The highest BCUT2D eigenvalue weighted by Gasteiger charge is 2.58. The van der Waals surface area contributed by atoms with Gasteiger partial charge in [-0.1, -0.05) is 30.3 Å². The molecule has 1 amide bonds. The maximum absolute atomic E-state index is 12.7. The summed E-state index contributed by atoms with van der Waals surface area (Å²) in [5.41, 5.74) is 1.72. The summed E-state index contributed by atoms with van der Waals surface area (Å²) in [6.07, 6.45) is 7.97. The molecule has 3 fully saturated rings. The van der Waals surface area contributed by atoms with Crippen molar-refractivity contribution >= 4 is 18.3 Å². The summed E-state index contributed by atoms with van der Waals surface area (Å²) in [5, 5.41) is 6.86. The summed E-state index contributed by atoms with van der Waals surface area (Å²) in [6, 6.07) is 10.6. The largest absolute Gasteiger partial charge is 0.350 e. The molecule has 1 unspecified atom stereocenters. The van der Waals surface area contributed by atoms with Crippen molar-refractivity contribution in [2.45, 2.75) is 50.5 Å². The van der Waals surface area contributed by atoms with E-state index in [1.54, 1.807) is 0 Å². The second kappa shape index (κ2) is 6.45. The van der Waals surface area contributed by atoms with Crippen LogP contribution in [0.15, 0.2) is 30.3 Å². The first kappa shape index (κ1) is 16.8. The maximum Gasteiger partial charge on any atom is 0.224 e. The summed E-state index contributed by atoms with van der Waals surface area (Å²) in [6.45, 7) is 2.16. The number of rotatable bonds is 4. The van der Waals surface area contributed by atoms with E-state index in [1.165, 1.54) is 24.8 Å². The number of halogens is 1. The number of carbonyl (C=O) groups is 1. The van der Waals surface area contributed by atoms with Crippen LogP contribution in [0.2, 0.25) is 0 Å². The van der Waals surface area contributed by atoms with Crippen molar-refractivity contribution in [1.29, 1.82) is 0 Å². The molecule has 1 spiro atoms. The lowest BCUT2D eigenvalue weighted by Crippen LogP contribution is -2.55. The zero-order valence-corrected chi connectivity index (χ0v) is 14.5. The molecule has 1 saturated heterocycles. The van der Waals surface area contributed by atoms with Gasteiger partial charge in [-0.05, 0) is 69.0 Å². The van der Waals surface area contributed by atoms with Crippen molar-refractivity contribution in [2.24, 2.45) is 11.3 Å². The highest BCUT2D eigenvalue weighted by molar-refractivity contribution is 5.85. The normalized spacial score (nSPS) is 26.7. The van der Waals surface area contributed by atoms with Crippen LogP contribution in [0, 0.1) is 11.3 Å². The number of hydrogen-bond acceptors (Lipinski definition) is 2. The molecular formula is C19H27ClN2O. The number of hydrogen-bond donors (Lipinski definition) is 2. The minimum Gasteiger partial charge on any atom is -0.350 e. The average molecular weight is 335 g/mol. The molecule has 2 saturated carbocycles. The Bertz CT molecular complexity index is 550. The van der Waals surface area contributed by atoms with E-state index in [0.29, 0.717) is 11.3 Å². The number of nitrogens with one attached hydrogen (secondary N) is 2. The molecule has 0 radical (unpaired) electrons. The maximum atomic E-state index is 12.7.